The van der Waals surface area contributed by atoms with Crippen molar-refractivity contribution in [2.75, 3.05) is 7.11 Å². The summed E-state index contributed by atoms with van der Waals surface area (Å²) in [4.78, 5) is 0. The van der Waals surface area contributed by atoms with Gasteiger partial charge in [0.15, 0.2) is 11.5 Å². The molecule has 0 unspecified atom stereocenters. The second kappa shape index (κ2) is 9.93. The number of nitrogens with zero attached hydrogens (tertiary/aromatic N) is 1. The molecule has 3 nitrogen and oxygen atoms in total. The number of hydrogen-bond donors (Lipinski definition) is 0. The predicted molar refractivity (Wildman–Crippen MR) is 144 cm³/mol. The van der Waals surface area contributed by atoms with Crippen LogP contribution < -0.4 is 9.47 Å². The Morgan fingerprint density at radius 1 is 0.829 bits per heavy atom. The zero-order valence-corrected chi connectivity index (χ0v) is 19.9. The third-order valence-corrected chi connectivity index (χ3v) is 6.22. The molecule has 0 aliphatic carbocycles. The van der Waals surface area contributed by atoms with E-state index in [1.54, 1.807) is 13.2 Å². The number of halogens is 1. The molecule has 0 fully saturated rings. The second-order valence-corrected chi connectivity index (χ2v) is 8.64. The number of fused-ring (bicyclic) bond motifs is 2. The smallest absolute Gasteiger partial charge is 0.180 e. The van der Waals surface area contributed by atoms with Crippen LogP contribution in [0.4, 0.5) is 0 Å². The third kappa shape index (κ3) is 4.84. The van der Waals surface area contributed by atoms with Gasteiger partial charge in [-0.25, -0.2) is 0 Å². The van der Waals surface area contributed by atoms with E-state index >= 15 is 0 Å². The SMILES string of the molecule is COc1cc(/C=C(/C#N)c2ccc3ccccc3c2)cc(Cl)c1OCc1ccc2ccccc2c1. The first kappa shape index (κ1) is 22.5. The molecule has 0 aromatic heterocycles. The summed E-state index contributed by atoms with van der Waals surface area (Å²) < 4.78 is 11.7. The van der Waals surface area contributed by atoms with Crippen LogP contribution >= 0.6 is 11.6 Å². The minimum atomic E-state index is 0.358. The highest BCUT2D eigenvalue weighted by Crippen LogP contribution is 2.38. The fourth-order valence-corrected chi connectivity index (χ4v) is 4.42. The molecule has 0 aliphatic heterocycles. The van der Waals surface area contributed by atoms with Crippen LogP contribution in [0.1, 0.15) is 16.7 Å². The lowest BCUT2D eigenvalue weighted by Gasteiger charge is -2.14. The van der Waals surface area contributed by atoms with Gasteiger partial charge in [-0.3, -0.25) is 0 Å². The largest absolute Gasteiger partial charge is 0.493 e. The summed E-state index contributed by atoms with van der Waals surface area (Å²) in [6.45, 7) is 0.358. The summed E-state index contributed by atoms with van der Waals surface area (Å²) in [7, 11) is 1.58. The first-order valence-corrected chi connectivity index (χ1v) is 11.6. The highest BCUT2D eigenvalue weighted by Gasteiger charge is 2.13. The zero-order chi connectivity index (χ0) is 24.2. The van der Waals surface area contributed by atoms with Crippen molar-refractivity contribution >= 4 is 44.8 Å². The number of allylic oxidation sites excluding steroid dienone is 1. The molecule has 4 heteroatoms. The Balaban J connectivity index is 1.42. The standard InChI is InChI=1S/C31H22ClNO2/c1-34-30-17-22(15-28(19-33)27-13-12-24-7-3-5-9-26(24)18-27)16-29(32)31(30)35-20-21-10-11-23-6-2-4-8-25(23)14-21/h2-18H,20H2,1H3/b28-15-. The van der Waals surface area contributed by atoms with Crippen LogP contribution in [0, 0.1) is 11.3 Å². The first-order valence-electron chi connectivity index (χ1n) is 11.2. The Kier molecular flexibility index (Phi) is 6.39. The van der Waals surface area contributed by atoms with Crippen molar-refractivity contribution in [3.05, 3.63) is 119 Å². The van der Waals surface area contributed by atoms with E-state index in [1.807, 2.05) is 66.7 Å². The fourth-order valence-electron chi connectivity index (χ4n) is 4.15. The Hall–Kier alpha value is -4.26. The number of ether oxygens (including phenoxy) is 2. The molecule has 5 aromatic carbocycles. The van der Waals surface area contributed by atoms with Crippen LogP contribution in [0.2, 0.25) is 5.02 Å². The molecule has 0 spiro atoms. The Morgan fingerprint density at radius 3 is 2.17 bits per heavy atom. The molecule has 0 N–H and O–H groups in total. The van der Waals surface area contributed by atoms with Crippen molar-refractivity contribution in [2.24, 2.45) is 0 Å². The van der Waals surface area contributed by atoms with Crippen LogP contribution in [-0.4, -0.2) is 7.11 Å². The second-order valence-electron chi connectivity index (χ2n) is 8.24. The first-order chi connectivity index (χ1) is 17.1. The lowest BCUT2D eigenvalue weighted by Crippen LogP contribution is -1.99. The van der Waals surface area contributed by atoms with Gasteiger partial charge in [-0.1, -0.05) is 84.4 Å². The molecule has 0 amide bonds. The Labute approximate surface area is 209 Å². The topological polar surface area (TPSA) is 42.2 Å². The van der Waals surface area contributed by atoms with Gasteiger partial charge in [-0.15, -0.1) is 0 Å². The minimum Gasteiger partial charge on any atom is -0.493 e. The summed E-state index contributed by atoms with van der Waals surface area (Å²) in [5.41, 5.74) is 3.18. The van der Waals surface area contributed by atoms with Gasteiger partial charge >= 0.3 is 0 Å². The molecule has 5 rings (SSSR count). The normalized spacial score (nSPS) is 11.4. The number of benzene rings is 5. The third-order valence-electron chi connectivity index (χ3n) is 5.94. The van der Waals surface area contributed by atoms with Crippen molar-refractivity contribution in [1.29, 1.82) is 5.26 Å². The highest BCUT2D eigenvalue weighted by atomic mass is 35.5. The number of rotatable bonds is 6. The maximum absolute atomic E-state index is 9.84. The van der Waals surface area contributed by atoms with Gasteiger partial charge in [-0.2, -0.15) is 5.26 Å². The van der Waals surface area contributed by atoms with Crippen LogP contribution in [0.5, 0.6) is 11.5 Å². The molecule has 0 radical (unpaired) electrons. The number of methoxy groups -OCH3 is 1. The fraction of sp³-hybridized carbons (Fsp3) is 0.0645. The van der Waals surface area contributed by atoms with E-state index in [4.69, 9.17) is 21.1 Å². The van der Waals surface area contributed by atoms with Gasteiger partial charge in [0.05, 0.1) is 23.8 Å². The average molecular weight is 476 g/mol. The van der Waals surface area contributed by atoms with E-state index in [9.17, 15) is 5.26 Å². The van der Waals surface area contributed by atoms with E-state index in [0.717, 1.165) is 32.8 Å². The molecule has 0 bridgehead atoms. The molecule has 0 saturated carbocycles. The lowest BCUT2D eigenvalue weighted by molar-refractivity contribution is 0.285. The van der Waals surface area contributed by atoms with Gasteiger partial charge < -0.3 is 9.47 Å². The molecular formula is C31H22ClNO2. The number of hydrogen-bond acceptors (Lipinski definition) is 3. The van der Waals surface area contributed by atoms with Crippen molar-refractivity contribution in [3.8, 4) is 17.6 Å². The lowest BCUT2D eigenvalue weighted by atomic mass is 10.00. The summed E-state index contributed by atoms with van der Waals surface area (Å²) in [5, 5.41) is 14.8. The monoisotopic (exact) mass is 475 g/mol. The van der Waals surface area contributed by atoms with E-state index in [0.29, 0.717) is 28.7 Å². The van der Waals surface area contributed by atoms with E-state index in [1.165, 1.54) is 5.39 Å². The molecule has 35 heavy (non-hydrogen) atoms. The number of nitriles is 1. The van der Waals surface area contributed by atoms with Crippen LogP contribution in [0.3, 0.4) is 0 Å². The van der Waals surface area contributed by atoms with Gasteiger partial charge in [-0.05, 0) is 68.6 Å². The van der Waals surface area contributed by atoms with Gasteiger partial charge in [0.1, 0.15) is 6.61 Å². The van der Waals surface area contributed by atoms with Crippen LogP contribution in [0.15, 0.2) is 97.1 Å². The predicted octanol–water partition coefficient (Wildman–Crippen LogP) is 8.30. The summed E-state index contributed by atoms with van der Waals surface area (Å²) >= 11 is 6.61. The zero-order valence-electron chi connectivity index (χ0n) is 19.2. The van der Waals surface area contributed by atoms with Crippen molar-refractivity contribution in [1.82, 2.24) is 0 Å². The molecule has 0 aliphatic rings. The maximum Gasteiger partial charge on any atom is 0.180 e. The minimum absolute atomic E-state index is 0.358. The van der Waals surface area contributed by atoms with Gasteiger partial charge in [0, 0.05) is 0 Å². The molecule has 0 heterocycles. The highest BCUT2D eigenvalue weighted by molar-refractivity contribution is 6.32. The summed E-state index contributed by atoms with van der Waals surface area (Å²) in [5.74, 6) is 0.990. The summed E-state index contributed by atoms with van der Waals surface area (Å²) in [6, 6.07) is 34.4. The molecule has 5 aromatic rings. The van der Waals surface area contributed by atoms with Crippen molar-refractivity contribution < 1.29 is 9.47 Å². The van der Waals surface area contributed by atoms with Crippen molar-refractivity contribution in [3.63, 3.8) is 0 Å². The van der Waals surface area contributed by atoms with Gasteiger partial charge in [0.25, 0.3) is 0 Å². The van der Waals surface area contributed by atoms with Gasteiger partial charge in [0.2, 0.25) is 0 Å². The molecule has 170 valence electrons. The van der Waals surface area contributed by atoms with Crippen LogP contribution in [0.25, 0.3) is 33.2 Å². The molecule has 0 atom stereocenters. The Bertz CT molecular complexity index is 1610. The van der Waals surface area contributed by atoms with Crippen LogP contribution in [-0.2, 0) is 6.61 Å². The van der Waals surface area contributed by atoms with E-state index in [-0.39, 0.29) is 0 Å². The molecular weight excluding hydrogens is 454 g/mol. The quantitative estimate of drug-likeness (QED) is 0.183. The summed E-state index contributed by atoms with van der Waals surface area (Å²) in [6.07, 6.45) is 1.81. The van der Waals surface area contributed by atoms with E-state index in [2.05, 4.69) is 36.4 Å². The van der Waals surface area contributed by atoms with E-state index < -0.39 is 0 Å². The Morgan fingerprint density at radius 2 is 1.49 bits per heavy atom. The average Bonchev–Trinajstić information content (AvgIpc) is 2.90. The van der Waals surface area contributed by atoms with Crippen molar-refractivity contribution in [2.45, 2.75) is 6.61 Å². The molecule has 0 saturated heterocycles. The maximum atomic E-state index is 9.84.